The van der Waals surface area contributed by atoms with E-state index in [-0.39, 0.29) is 0 Å². The van der Waals surface area contributed by atoms with Crippen molar-refractivity contribution in [3.05, 3.63) is 76.7 Å². The van der Waals surface area contributed by atoms with Gasteiger partial charge in [0.05, 0.1) is 12.5 Å². The molecule has 0 bridgehead atoms. The summed E-state index contributed by atoms with van der Waals surface area (Å²) in [7, 11) is 1.42. The zero-order valence-corrected chi connectivity index (χ0v) is 18.2. The van der Waals surface area contributed by atoms with E-state index in [2.05, 4.69) is 15.4 Å². The Bertz CT molecular complexity index is 1310. The van der Waals surface area contributed by atoms with Crippen molar-refractivity contribution in [3.8, 4) is 22.6 Å². The first-order chi connectivity index (χ1) is 16.4. The molecule has 2 amide bonds. The number of carbonyl (C=O) groups is 2. The van der Waals surface area contributed by atoms with E-state index in [1.54, 1.807) is 18.2 Å². The van der Waals surface area contributed by atoms with E-state index in [4.69, 9.17) is 0 Å². The van der Waals surface area contributed by atoms with Crippen LogP contribution < -0.4 is 20.9 Å². The first kappa shape index (κ1) is 25.1. The second-order valence-corrected chi connectivity index (χ2v) is 7.44. The molecule has 35 heavy (non-hydrogen) atoms. The predicted molar refractivity (Wildman–Crippen MR) is 119 cm³/mol. The summed E-state index contributed by atoms with van der Waals surface area (Å²) in [6, 6.07) is 10.6. The van der Waals surface area contributed by atoms with Crippen molar-refractivity contribution < 1.29 is 37.7 Å². The van der Waals surface area contributed by atoms with Gasteiger partial charge in [-0.15, -0.1) is 13.2 Å². The number of benzene rings is 2. The van der Waals surface area contributed by atoms with Crippen LogP contribution in [-0.2, 0) is 11.8 Å². The summed E-state index contributed by atoms with van der Waals surface area (Å²) in [6.07, 6.45) is -4.10. The van der Waals surface area contributed by atoms with Crippen molar-refractivity contribution in [1.29, 1.82) is 0 Å². The lowest BCUT2D eigenvalue weighted by molar-refractivity contribution is -0.274. The zero-order valence-electron chi connectivity index (χ0n) is 18.2. The van der Waals surface area contributed by atoms with Crippen molar-refractivity contribution in [1.82, 2.24) is 9.88 Å². The molecular formula is C23H20F3N3O6. The quantitative estimate of drug-likeness (QED) is 0.396. The molecule has 0 saturated heterocycles. The van der Waals surface area contributed by atoms with E-state index in [0.29, 0.717) is 16.7 Å². The van der Waals surface area contributed by atoms with Crippen LogP contribution >= 0.6 is 0 Å². The van der Waals surface area contributed by atoms with Crippen LogP contribution in [0.3, 0.4) is 0 Å². The SMILES string of the molecule is Cn1ccc(O)c(NC(=O)N[C@@H](CC(=O)O)c2cccc(-c3cccc(OC(F)(F)F)c3)c2)c1=O. The summed E-state index contributed by atoms with van der Waals surface area (Å²) in [5, 5.41) is 23.9. The standard InChI is InChI=1S/C23H20F3N3O6/c1-29-9-8-18(30)20(21(29)33)28-22(34)27-17(12-19(31)32)15-6-2-4-13(10-15)14-5-3-7-16(11-14)35-23(24,25)26/h2-11,17,30H,12H2,1H3,(H,31,32)(H2,27,28,34)/t17-/m0/s1. The molecule has 9 nitrogen and oxygen atoms in total. The van der Waals surface area contributed by atoms with Crippen molar-refractivity contribution in [2.45, 2.75) is 18.8 Å². The minimum Gasteiger partial charge on any atom is -0.505 e. The number of rotatable bonds is 7. The number of aliphatic carboxylic acids is 1. The number of halogens is 3. The topological polar surface area (TPSA) is 130 Å². The average molecular weight is 491 g/mol. The van der Waals surface area contributed by atoms with Crippen LogP contribution in [0.15, 0.2) is 65.6 Å². The fourth-order valence-electron chi connectivity index (χ4n) is 3.28. The molecule has 0 aliphatic heterocycles. The van der Waals surface area contributed by atoms with E-state index >= 15 is 0 Å². The normalized spacial score (nSPS) is 12.0. The number of anilines is 1. The molecule has 1 aromatic heterocycles. The minimum absolute atomic E-state index is 0.340. The zero-order chi connectivity index (χ0) is 25.8. The van der Waals surface area contributed by atoms with Crippen LogP contribution in [0.1, 0.15) is 18.0 Å². The Balaban J connectivity index is 1.87. The van der Waals surface area contributed by atoms with Crippen molar-refractivity contribution in [3.63, 3.8) is 0 Å². The Morgan fingerprint density at radius 2 is 1.74 bits per heavy atom. The first-order valence-corrected chi connectivity index (χ1v) is 10.1. The van der Waals surface area contributed by atoms with Gasteiger partial charge in [-0.25, -0.2) is 4.79 Å². The van der Waals surface area contributed by atoms with Crippen LogP contribution in [-0.4, -0.2) is 33.1 Å². The highest BCUT2D eigenvalue weighted by Gasteiger charge is 2.31. The van der Waals surface area contributed by atoms with Crippen LogP contribution in [0, 0.1) is 0 Å². The van der Waals surface area contributed by atoms with Gasteiger partial charge in [0.15, 0.2) is 5.69 Å². The number of carbonyl (C=O) groups excluding carboxylic acids is 1. The van der Waals surface area contributed by atoms with Crippen molar-refractivity contribution >= 4 is 17.7 Å². The Hall–Kier alpha value is -4.48. The van der Waals surface area contributed by atoms with E-state index < -0.39 is 53.6 Å². The van der Waals surface area contributed by atoms with Gasteiger partial charge in [0.1, 0.15) is 11.5 Å². The number of nitrogens with one attached hydrogen (secondary N) is 2. The second-order valence-electron chi connectivity index (χ2n) is 7.44. The molecule has 0 unspecified atom stereocenters. The van der Waals surface area contributed by atoms with E-state index in [1.807, 2.05) is 0 Å². The summed E-state index contributed by atoms with van der Waals surface area (Å²) in [4.78, 5) is 36.1. The van der Waals surface area contributed by atoms with E-state index in [0.717, 1.165) is 10.6 Å². The summed E-state index contributed by atoms with van der Waals surface area (Å²) in [5.74, 6) is -2.13. The fourth-order valence-corrected chi connectivity index (χ4v) is 3.28. The molecule has 0 spiro atoms. The number of pyridine rings is 1. The molecular weight excluding hydrogens is 471 g/mol. The lowest BCUT2D eigenvalue weighted by Gasteiger charge is -2.19. The number of nitrogens with zero attached hydrogens (tertiary/aromatic N) is 1. The molecule has 0 fully saturated rings. The van der Waals surface area contributed by atoms with Gasteiger partial charge in [0, 0.05) is 13.2 Å². The van der Waals surface area contributed by atoms with Gasteiger partial charge in [-0.05, 0) is 41.0 Å². The number of aryl methyl sites for hydroxylation is 1. The third-order valence-corrected chi connectivity index (χ3v) is 4.86. The lowest BCUT2D eigenvalue weighted by atomic mass is 9.98. The Morgan fingerprint density at radius 1 is 1.09 bits per heavy atom. The van der Waals surface area contributed by atoms with Gasteiger partial charge in [-0.3, -0.25) is 9.59 Å². The number of amides is 2. The molecule has 2 aromatic carbocycles. The Kier molecular flexibility index (Phi) is 7.33. The summed E-state index contributed by atoms with van der Waals surface area (Å²) in [6.45, 7) is 0. The smallest absolute Gasteiger partial charge is 0.505 e. The van der Waals surface area contributed by atoms with Gasteiger partial charge < -0.3 is 30.2 Å². The molecule has 3 aromatic rings. The summed E-state index contributed by atoms with van der Waals surface area (Å²) >= 11 is 0. The number of carboxylic acids is 1. The molecule has 1 atom stereocenters. The first-order valence-electron chi connectivity index (χ1n) is 10.1. The highest BCUT2D eigenvalue weighted by molar-refractivity contribution is 5.91. The largest absolute Gasteiger partial charge is 0.573 e. The monoisotopic (exact) mass is 491 g/mol. The molecule has 0 saturated carbocycles. The molecule has 0 radical (unpaired) electrons. The summed E-state index contributed by atoms with van der Waals surface area (Å²) < 4.78 is 42.7. The number of aromatic nitrogens is 1. The van der Waals surface area contributed by atoms with Crippen molar-refractivity contribution in [2.75, 3.05) is 5.32 Å². The maximum absolute atomic E-state index is 12.6. The number of hydrogen-bond acceptors (Lipinski definition) is 5. The highest BCUT2D eigenvalue weighted by atomic mass is 19.4. The summed E-state index contributed by atoms with van der Waals surface area (Å²) in [5.41, 5.74) is 0.0780. The van der Waals surface area contributed by atoms with Gasteiger partial charge in [0.25, 0.3) is 5.56 Å². The third kappa shape index (κ3) is 6.76. The number of ether oxygens (including phenoxy) is 1. The maximum atomic E-state index is 12.6. The van der Waals surface area contributed by atoms with Crippen LogP contribution in [0.5, 0.6) is 11.5 Å². The number of alkyl halides is 3. The average Bonchev–Trinajstić information content (AvgIpc) is 2.78. The van der Waals surface area contributed by atoms with E-state index in [9.17, 15) is 37.8 Å². The van der Waals surface area contributed by atoms with Gasteiger partial charge >= 0.3 is 18.4 Å². The molecule has 0 aliphatic carbocycles. The molecule has 3 rings (SSSR count). The number of urea groups is 1. The Labute approximate surface area is 196 Å². The predicted octanol–water partition coefficient (Wildman–Crippen LogP) is 3.99. The molecule has 184 valence electrons. The molecule has 1 heterocycles. The fraction of sp³-hybridized carbons (Fsp3) is 0.174. The Morgan fingerprint density at radius 3 is 2.40 bits per heavy atom. The molecule has 4 N–H and O–H groups in total. The second kappa shape index (κ2) is 10.2. The molecule has 12 heteroatoms. The number of hydrogen-bond donors (Lipinski definition) is 4. The highest BCUT2D eigenvalue weighted by Crippen LogP contribution is 2.30. The van der Waals surface area contributed by atoms with Crippen molar-refractivity contribution in [2.24, 2.45) is 7.05 Å². The van der Waals surface area contributed by atoms with Gasteiger partial charge in [-0.2, -0.15) is 0 Å². The van der Waals surface area contributed by atoms with Gasteiger partial charge in [0.2, 0.25) is 0 Å². The van der Waals surface area contributed by atoms with Crippen LogP contribution in [0.25, 0.3) is 11.1 Å². The van der Waals surface area contributed by atoms with E-state index in [1.165, 1.54) is 43.6 Å². The minimum atomic E-state index is -4.86. The number of carboxylic acid groups (broad SMARTS) is 1. The maximum Gasteiger partial charge on any atom is 0.573 e. The lowest BCUT2D eigenvalue weighted by Crippen LogP contribution is -2.35. The van der Waals surface area contributed by atoms with Crippen LogP contribution in [0.4, 0.5) is 23.7 Å². The molecule has 0 aliphatic rings. The number of aromatic hydroxyl groups is 1. The van der Waals surface area contributed by atoms with Gasteiger partial charge in [-0.1, -0.05) is 30.3 Å². The third-order valence-electron chi connectivity index (χ3n) is 4.86. The van der Waals surface area contributed by atoms with Crippen LogP contribution in [0.2, 0.25) is 0 Å².